The normalized spacial score (nSPS) is 17.1. The molecule has 0 bridgehead atoms. The van der Waals surface area contributed by atoms with Gasteiger partial charge in [-0.15, -0.1) is 24.0 Å². The smallest absolute Gasteiger partial charge is 0.191 e. The number of aliphatic imine (C=N–C) groups is 1. The van der Waals surface area contributed by atoms with Gasteiger partial charge in [0.15, 0.2) is 5.96 Å². The molecule has 1 aliphatic rings. The highest BCUT2D eigenvalue weighted by Crippen LogP contribution is 2.24. The third kappa shape index (κ3) is 6.88. The number of nitrogens with one attached hydrogen (secondary N) is 2. The first-order valence-electron chi connectivity index (χ1n) is 8.36. The van der Waals surface area contributed by atoms with E-state index < -0.39 is 0 Å². The van der Waals surface area contributed by atoms with Crippen molar-refractivity contribution < 1.29 is 4.74 Å². The Balaban J connectivity index is 0.00000312. The molecule has 0 aromatic carbocycles. The summed E-state index contributed by atoms with van der Waals surface area (Å²) in [5.74, 6) is 0.824. The average molecular weight is 482 g/mol. The predicted molar refractivity (Wildman–Crippen MR) is 114 cm³/mol. The number of rotatable bonds is 6. The molecule has 2 rings (SSSR count). The maximum absolute atomic E-state index is 5.80. The summed E-state index contributed by atoms with van der Waals surface area (Å²) in [6.07, 6.45) is 4.74. The standard InChI is InChI=1S/C17H28ClN5O.HI/c1-19-16(20-9-6-14-4-5-15(18)21-12-14)22-13-17(23(2)3)7-10-24-11-8-17;/h4-5,12H,6-11,13H2,1-3H3,(H2,19,20,22);1H. The van der Waals surface area contributed by atoms with Crippen LogP contribution >= 0.6 is 35.6 Å². The van der Waals surface area contributed by atoms with Gasteiger partial charge in [-0.25, -0.2) is 4.98 Å². The summed E-state index contributed by atoms with van der Waals surface area (Å²) in [6.45, 7) is 3.28. The van der Waals surface area contributed by atoms with E-state index in [1.807, 2.05) is 18.3 Å². The van der Waals surface area contributed by atoms with Gasteiger partial charge >= 0.3 is 0 Å². The zero-order chi connectivity index (χ0) is 17.4. The Morgan fingerprint density at radius 1 is 1.32 bits per heavy atom. The lowest BCUT2D eigenvalue weighted by Crippen LogP contribution is -2.57. The molecule has 2 N–H and O–H groups in total. The van der Waals surface area contributed by atoms with E-state index in [1.54, 1.807) is 7.05 Å². The van der Waals surface area contributed by atoms with Crippen LogP contribution in [0.5, 0.6) is 0 Å². The molecule has 1 saturated heterocycles. The van der Waals surface area contributed by atoms with Crippen molar-refractivity contribution in [1.82, 2.24) is 20.5 Å². The van der Waals surface area contributed by atoms with E-state index in [1.165, 1.54) is 0 Å². The molecule has 0 atom stereocenters. The zero-order valence-electron chi connectivity index (χ0n) is 15.2. The average Bonchev–Trinajstić information content (AvgIpc) is 2.60. The van der Waals surface area contributed by atoms with E-state index in [-0.39, 0.29) is 29.5 Å². The third-order valence-corrected chi connectivity index (χ3v) is 4.90. The van der Waals surface area contributed by atoms with Crippen LogP contribution in [-0.4, -0.2) is 68.8 Å². The summed E-state index contributed by atoms with van der Waals surface area (Å²) < 4.78 is 5.51. The molecule has 0 aliphatic carbocycles. The van der Waals surface area contributed by atoms with Crippen LogP contribution < -0.4 is 10.6 Å². The Hall–Kier alpha value is -0.640. The number of halogens is 2. The topological polar surface area (TPSA) is 61.8 Å². The Labute approximate surface area is 172 Å². The molecule has 1 fully saturated rings. The van der Waals surface area contributed by atoms with E-state index in [4.69, 9.17) is 16.3 Å². The van der Waals surface area contributed by atoms with E-state index in [9.17, 15) is 0 Å². The highest BCUT2D eigenvalue weighted by atomic mass is 127. The van der Waals surface area contributed by atoms with Crippen LogP contribution in [0.2, 0.25) is 5.15 Å². The van der Waals surface area contributed by atoms with Gasteiger partial charge in [0.1, 0.15) is 5.15 Å². The van der Waals surface area contributed by atoms with Crippen LogP contribution in [-0.2, 0) is 11.2 Å². The van der Waals surface area contributed by atoms with E-state index in [0.29, 0.717) is 5.15 Å². The van der Waals surface area contributed by atoms with Gasteiger partial charge in [-0.1, -0.05) is 17.7 Å². The Morgan fingerprint density at radius 3 is 2.60 bits per heavy atom. The molecule has 142 valence electrons. The molecule has 0 amide bonds. The molecule has 8 heteroatoms. The van der Waals surface area contributed by atoms with Crippen molar-refractivity contribution in [3.05, 3.63) is 29.0 Å². The van der Waals surface area contributed by atoms with Crippen LogP contribution in [0, 0.1) is 0 Å². The largest absolute Gasteiger partial charge is 0.381 e. The van der Waals surface area contributed by atoms with Gasteiger partial charge in [-0.2, -0.15) is 0 Å². The number of pyridine rings is 1. The fourth-order valence-corrected chi connectivity index (χ4v) is 2.99. The summed E-state index contributed by atoms with van der Waals surface area (Å²) in [7, 11) is 6.07. The predicted octanol–water partition coefficient (Wildman–Crippen LogP) is 2.17. The summed E-state index contributed by atoms with van der Waals surface area (Å²) in [4.78, 5) is 10.7. The summed E-state index contributed by atoms with van der Waals surface area (Å²) in [6, 6.07) is 3.81. The lowest BCUT2D eigenvalue weighted by Gasteiger charge is -2.43. The van der Waals surface area contributed by atoms with Crippen LogP contribution in [0.15, 0.2) is 23.3 Å². The molecule has 25 heavy (non-hydrogen) atoms. The maximum Gasteiger partial charge on any atom is 0.191 e. The summed E-state index contributed by atoms with van der Waals surface area (Å²) >= 11 is 5.80. The zero-order valence-corrected chi connectivity index (χ0v) is 18.3. The summed E-state index contributed by atoms with van der Waals surface area (Å²) in [5, 5.41) is 7.34. The molecule has 0 saturated carbocycles. The first-order valence-corrected chi connectivity index (χ1v) is 8.74. The minimum atomic E-state index is 0. The van der Waals surface area contributed by atoms with Crippen LogP contribution in [0.1, 0.15) is 18.4 Å². The van der Waals surface area contributed by atoms with Crippen molar-refractivity contribution in [1.29, 1.82) is 0 Å². The Morgan fingerprint density at radius 2 is 2.04 bits per heavy atom. The van der Waals surface area contributed by atoms with E-state index in [0.717, 1.165) is 57.1 Å². The van der Waals surface area contributed by atoms with Gasteiger partial charge in [-0.05, 0) is 45.0 Å². The van der Waals surface area contributed by atoms with Gasteiger partial charge in [0.05, 0.1) is 0 Å². The molecular weight excluding hydrogens is 453 g/mol. The summed E-state index contributed by atoms with van der Waals surface area (Å²) in [5.41, 5.74) is 1.27. The van der Waals surface area contributed by atoms with Crippen LogP contribution in [0.4, 0.5) is 0 Å². The number of hydrogen-bond donors (Lipinski definition) is 2. The lowest BCUT2D eigenvalue weighted by molar-refractivity contribution is -0.00500. The number of nitrogens with zero attached hydrogens (tertiary/aromatic N) is 3. The highest BCUT2D eigenvalue weighted by molar-refractivity contribution is 14.0. The van der Waals surface area contributed by atoms with Crippen LogP contribution in [0.3, 0.4) is 0 Å². The van der Waals surface area contributed by atoms with Crippen LogP contribution in [0.25, 0.3) is 0 Å². The molecular formula is C17H29ClIN5O. The van der Waals surface area contributed by atoms with Crippen molar-refractivity contribution in [2.45, 2.75) is 24.8 Å². The third-order valence-electron chi connectivity index (χ3n) is 4.68. The first kappa shape index (κ1) is 22.4. The Bertz CT molecular complexity index is 532. The molecule has 0 unspecified atom stereocenters. The second kappa shape index (κ2) is 11.2. The second-order valence-electron chi connectivity index (χ2n) is 6.32. The minimum Gasteiger partial charge on any atom is -0.381 e. The number of hydrogen-bond acceptors (Lipinski definition) is 4. The SMILES string of the molecule is CN=C(NCCc1ccc(Cl)nc1)NCC1(N(C)C)CCOCC1.I. The molecule has 1 aliphatic heterocycles. The van der Waals surface area contributed by atoms with Crippen molar-refractivity contribution >= 4 is 41.5 Å². The van der Waals surface area contributed by atoms with Gasteiger partial charge in [0.25, 0.3) is 0 Å². The second-order valence-corrected chi connectivity index (χ2v) is 6.71. The maximum atomic E-state index is 5.80. The molecule has 1 aromatic rings. The van der Waals surface area contributed by atoms with Gasteiger partial charge in [-0.3, -0.25) is 4.99 Å². The lowest BCUT2D eigenvalue weighted by atomic mass is 9.88. The van der Waals surface area contributed by atoms with Gasteiger partial charge in [0, 0.05) is 45.1 Å². The fourth-order valence-electron chi connectivity index (χ4n) is 2.88. The van der Waals surface area contributed by atoms with Gasteiger partial charge < -0.3 is 20.3 Å². The fraction of sp³-hybridized carbons (Fsp3) is 0.647. The molecule has 2 heterocycles. The molecule has 6 nitrogen and oxygen atoms in total. The minimum absolute atomic E-state index is 0. The number of ether oxygens (including phenoxy) is 1. The number of likely N-dealkylation sites (N-methyl/N-ethyl adjacent to an activating group) is 1. The monoisotopic (exact) mass is 481 g/mol. The van der Waals surface area contributed by atoms with E-state index in [2.05, 4.69) is 39.6 Å². The highest BCUT2D eigenvalue weighted by Gasteiger charge is 2.34. The Kier molecular flexibility index (Phi) is 9.99. The van der Waals surface area contributed by atoms with Gasteiger partial charge in [0.2, 0.25) is 0 Å². The van der Waals surface area contributed by atoms with Crippen molar-refractivity contribution in [3.8, 4) is 0 Å². The first-order chi connectivity index (χ1) is 11.6. The van der Waals surface area contributed by atoms with Crippen molar-refractivity contribution in [3.63, 3.8) is 0 Å². The van der Waals surface area contributed by atoms with E-state index >= 15 is 0 Å². The molecule has 0 radical (unpaired) electrons. The number of aromatic nitrogens is 1. The van der Waals surface area contributed by atoms with Crippen molar-refractivity contribution in [2.24, 2.45) is 4.99 Å². The molecule has 0 spiro atoms. The van der Waals surface area contributed by atoms with Crippen molar-refractivity contribution in [2.75, 3.05) is 47.4 Å². The number of guanidine groups is 1. The molecule has 1 aromatic heterocycles. The quantitative estimate of drug-likeness (QED) is 0.282.